The first-order valence-electron chi connectivity index (χ1n) is 8.66. The second-order valence-electron chi connectivity index (χ2n) is 6.44. The van der Waals surface area contributed by atoms with Crippen LogP contribution in [-0.4, -0.2) is 21.2 Å². The summed E-state index contributed by atoms with van der Waals surface area (Å²) in [5, 5.41) is 5.73. The first-order chi connectivity index (χ1) is 12.8. The minimum Gasteiger partial charge on any atom is -0.326 e. The standard InChI is InChI=1S/C20H21BrN4O2/c1-5-14-6-7-16(23-13(4)26)9-17(14)24-20(27)18-12(3)22-19-11(2)8-15(21)10-25(18)19/h6-10H,5H2,1-4H3,(H,23,26)(H,24,27). The Morgan fingerprint density at radius 3 is 2.59 bits per heavy atom. The van der Waals surface area contributed by atoms with Crippen LogP contribution in [0, 0.1) is 13.8 Å². The summed E-state index contributed by atoms with van der Waals surface area (Å²) in [6.45, 7) is 7.25. The average Bonchev–Trinajstić information content (AvgIpc) is 2.91. The maximum absolute atomic E-state index is 13.1. The zero-order chi connectivity index (χ0) is 19.7. The number of rotatable bonds is 4. The average molecular weight is 429 g/mol. The normalized spacial score (nSPS) is 10.9. The van der Waals surface area contributed by atoms with Crippen LogP contribution >= 0.6 is 15.9 Å². The van der Waals surface area contributed by atoms with Gasteiger partial charge in [-0.1, -0.05) is 13.0 Å². The largest absolute Gasteiger partial charge is 0.326 e. The highest BCUT2D eigenvalue weighted by Crippen LogP contribution is 2.25. The molecular weight excluding hydrogens is 408 g/mol. The first kappa shape index (κ1) is 19.1. The van der Waals surface area contributed by atoms with Crippen molar-refractivity contribution >= 4 is 44.8 Å². The fourth-order valence-electron chi connectivity index (χ4n) is 3.12. The molecule has 2 aromatic heterocycles. The molecule has 27 heavy (non-hydrogen) atoms. The molecule has 0 fully saturated rings. The molecule has 0 saturated heterocycles. The van der Waals surface area contributed by atoms with Gasteiger partial charge in [0.05, 0.1) is 5.69 Å². The summed E-state index contributed by atoms with van der Waals surface area (Å²) in [6, 6.07) is 7.48. The van der Waals surface area contributed by atoms with E-state index in [1.165, 1.54) is 6.92 Å². The lowest BCUT2D eigenvalue weighted by molar-refractivity contribution is -0.114. The number of amides is 2. The number of hydrogen-bond acceptors (Lipinski definition) is 3. The zero-order valence-corrected chi connectivity index (χ0v) is 17.3. The van der Waals surface area contributed by atoms with Gasteiger partial charge in [0.1, 0.15) is 11.3 Å². The SMILES string of the molecule is CCc1ccc(NC(C)=O)cc1NC(=O)c1c(C)nc2c(C)cc(Br)cn12. The van der Waals surface area contributed by atoms with Crippen LogP contribution in [0.1, 0.15) is 41.2 Å². The Hall–Kier alpha value is -2.67. The molecule has 1 aromatic carbocycles. The molecular formula is C20H21BrN4O2. The van der Waals surface area contributed by atoms with Crippen LogP contribution in [0.3, 0.4) is 0 Å². The maximum Gasteiger partial charge on any atom is 0.274 e. The molecule has 0 radical (unpaired) electrons. The van der Waals surface area contributed by atoms with Crippen molar-refractivity contribution in [2.75, 3.05) is 10.6 Å². The van der Waals surface area contributed by atoms with Crippen LogP contribution in [0.15, 0.2) is 34.9 Å². The van der Waals surface area contributed by atoms with Crippen molar-refractivity contribution in [1.29, 1.82) is 0 Å². The van der Waals surface area contributed by atoms with E-state index >= 15 is 0 Å². The molecule has 7 heteroatoms. The van der Waals surface area contributed by atoms with E-state index in [1.54, 1.807) is 10.5 Å². The van der Waals surface area contributed by atoms with Gasteiger partial charge in [0.2, 0.25) is 5.91 Å². The predicted octanol–water partition coefficient (Wildman–Crippen LogP) is 4.49. The fourth-order valence-corrected chi connectivity index (χ4v) is 3.67. The van der Waals surface area contributed by atoms with E-state index in [0.717, 1.165) is 27.7 Å². The van der Waals surface area contributed by atoms with Gasteiger partial charge in [0.25, 0.3) is 5.91 Å². The highest BCUT2D eigenvalue weighted by atomic mass is 79.9. The fraction of sp³-hybridized carbons (Fsp3) is 0.250. The van der Waals surface area contributed by atoms with Crippen molar-refractivity contribution < 1.29 is 9.59 Å². The summed E-state index contributed by atoms with van der Waals surface area (Å²) in [5.74, 6) is -0.401. The number of nitrogens with one attached hydrogen (secondary N) is 2. The van der Waals surface area contributed by atoms with Crippen molar-refractivity contribution in [3.63, 3.8) is 0 Å². The number of anilines is 2. The van der Waals surface area contributed by atoms with Crippen LogP contribution in [-0.2, 0) is 11.2 Å². The van der Waals surface area contributed by atoms with Gasteiger partial charge in [-0.3, -0.25) is 14.0 Å². The number of aromatic nitrogens is 2. The molecule has 0 aliphatic rings. The van der Waals surface area contributed by atoms with Gasteiger partial charge >= 0.3 is 0 Å². The molecule has 0 aliphatic heterocycles. The topological polar surface area (TPSA) is 75.5 Å². The van der Waals surface area contributed by atoms with Gasteiger partial charge in [0, 0.05) is 29.0 Å². The van der Waals surface area contributed by atoms with E-state index < -0.39 is 0 Å². The van der Waals surface area contributed by atoms with Gasteiger partial charge < -0.3 is 10.6 Å². The van der Waals surface area contributed by atoms with Crippen molar-refractivity contribution in [2.24, 2.45) is 0 Å². The number of aryl methyl sites for hydroxylation is 3. The molecule has 0 saturated carbocycles. The van der Waals surface area contributed by atoms with Crippen molar-refractivity contribution in [3.8, 4) is 0 Å². The molecule has 140 valence electrons. The lowest BCUT2D eigenvalue weighted by Gasteiger charge is -2.13. The monoisotopic (exact) mass is 428 g/mol. The van der Waals surface area contributed by atoms with Crippen LogP contribution in [0.5, 0.6) is 0 Å². The number of halogens is 1. The molecule has 2 N–H and O–H groups in total. The minimum atomic E-state index is -0.243. The molecule has 6 nitrogen and oxygen atoms in total. The van der Waals surface area contributed by atoms with E-state index in [2.05, 4.69) is 31.5 Å². The van der Waals surface area contributed by atoms with Crippen molar-refractivity contribution in [2.45, 2.75) is 34.1 Å². The second-order valence-corrected chi connectivity index (χ2v) is 7.36. The Labute approximate surface area is 166 Å². The highest BCUT2D eigenvalue weighted by Gasteiger charge is 2.19. The molecule has 0 bridgehead atoms. The van der Waals surface area contributed by atoms with Gasteiger partial charge in [-0.05, 0) is 65.5 Å². The number of pyridine rings is 1. The van der Waals surface area contributed by atoms with Crippen LogP contribution in [0.2, 0.25) is 0 Å². The maximum atomic E-state index is 13.1. The number of hydrogen-bond donors (Lipinski definition) is 2. The summed E-state index contributed by atoms with van der Waals surface area (Å²) >= 11 is 3.48. The quantitative estimate of drug-likeness (QED) is 0.642. The third-order valence-electron chi connectivity index (χ3n) is 4.32. The smallest absolute Gasteiger partial charge is 0.274 e. The Morgan fingerprint density at radius 2 is 1.93 bits per heavy atom. The summed E-state index contributed by atoms with van der Waals surface area (Å²) in [5.41, 5.74) is 5.18. The third-order valence-corrected chi connectivity index (χ3v) is 4.75. The second kappa shape index (κ2) is 7.52. The van der Waals surface area contributed by atoms with Gasteiger partial charge in [-0.15, -0.1) is 0 Å². The van der Waals surface area contributed by atoms with E-state index in [-0.39, 0.29) is 11.8 Å². The van der Waals surface area contributed by atoms with Crippen LogP contribution in [0.25, 0.3) is 5.65 Å². The van der Waals surface area contributed by atoms with Crippen LogP contribution < -0.4 is 10.6 Å². The van der Waals surface area contributed by atoms with Gasteiger partial charge in [0.15, 0.2) is 0 Å². The summed E-state index contributed by atoms with van der Waals surface area (Å²) in [4.78, 5) is 28.9. The molecule has 0 atom stereocenters. The number of nitrogens with zero attached hydrogens (tertiary/aromatic N) is 2. The molecule has 0 aliphatic carbocycles. The number of carbonyl (C=O) groups excluding carboxylic acids is 2. The highest BCUT2D eigenvalue weighted by molar-refractivity contribution is 9.10. The van der Waals surface area contributed by atoms with Crippen LogP contribution in [0.4, 0.5) is 11.4 Å². The summed E-state index contributed by atoms with van der Waals surface area (Å²) in [7, 11) is 0. The minimum absolute atomic E-state index is 0.158. The molecule has 3 aromatic rings. The number of imidazole rings is 1. The Morgan fingerprint density at radius 1 is 1.19 bits per heavy atom. The summed E-state index contributed by atoms with van der Waals surface area (Å²) < 4.78 is 2.67. The molecule has 0 spiro atoms. The number of fused-ring (bicyclic) bond motifs is 1. The first-order valence-corrected chi connectivity index (χ1v) is 9.46. The van der Waals surface area contributed by atoms with Gasteiger partial charge in [-0.2, -0.15) is 0 Å². The molecule has 3 rings (SSSR count). The van der Waals surface area contributed by atoms with E-state index in [4.69, 9.17) is 0 Å². The van der Waals surface area contributed by atoms with Gasteiger partial charge in [-0.25, -0.2) is 4.98 Å². The zero-order valence-electron chi connectivity index (χ0n) is 15.7. The molecule has 2 amide bonds. The Balaban J connectivity index is 2.02. The van der Waals surface area contributed by atoms with E-state index in [9.17, 15) is 9.59 Å². The Kier molecular flexibility index (Phi) is 5.32. The lowest BCUT2D eigenvalue weighted by Crippen LogP contribution is -2.17. The lowest BCUT2D eigenvalue weighted by atomic mass is 10.1. The van der Waals surface area contributed by atoms with Crippen molar-refractivity contribution in [3.05, 3.63) is 57.4 Å². The van der Waals surface area contributed by atoms with E-state index in [1.807, 2.05) is 45.2 Å². The number of carbonyl (C=O) groups is 2. The molecule has 2 heterocycles. The van der Waals surface area contributed by atoms with E-state index in [0.29, 0.717) is 22.8 Å². The predicted molar refractivity (Wildman–Crippen MR) is 110 cm³/mol. The van der Waals surface area contributed by atoms with Crippen molar-refractivity contribution in [1.82, 2.24) is 9.38 Å². The number of benzene rings is 1. The molecule has 0 unspecified atom stereocenters. The third kappa shape index (κ3) is 3.88. The Bertz CT molecular complexity index is 1060. The summed E-state index contributed by atoms with van der Waals surface area (Å²) in [6.07, 6.45) is 2.60.